The number of fused-ring (bicyclic) bond motifs is 1. The number of thiazole rings is 1. The van der Waals surface area contributed by atoms with Crippen molar-refractivity contribution in [2.45, 2.75) is 0 Å². The van der Waals surface area contributed by atoms with E-state index in [0.29, 0.717) is 5.69 Å². The lowest BCUT2D eigenvalue weighted by atomic mass is 10.2. The molecule has 3 aromatic rings. The summed E-state index contributed by atoms with van der Waals surface area (Å²) in [6.45, 7) is 3.39. The number of H-pyrrole nitrogens is 1. The molecule has 118 valence electrons. The number of nitrogens with one attached hydrogen (secondary N) is 1. The van der Waals surface area contributed by atoms with Crippen LogP contribution >= 0.6 is 11.3 Å². The molecule has 4 rings (SSSR count). The van der Waals surface area contributed by atoms with Crippen LogP contribution in [0.15, 0.2) is 35.7 Å². The zero-order valence-corrected chi connectivity index (χ0v) is 13.8. The highest BCUT2D eigenvalue weighted by Gasteiger charge is 2.22. The van der Waals surface area contributed by atoms with Gasteiger partial charge in [-0.3, -0.25) is 4.79 Å². The van der Waals surface area contributed by atoms with Gasteiger partial charge in [-0.2, -0.15) is 0 Å². The molecule has 1 saturated heterocycles. The van der Waals surface area contributed by atoms with Gasteiger partial charge in [0.15, 0.2) is 0 Å². The highest BCUT2D eigenvalue weighted by atomic mass is 32.1. The van der Waals surface area contributed by atoms with E-state index in [4.69, 9.17) is 0 Å². The predicted molar refractivity (Wildman–Crippen MR) is 92.8 cm³/mol. The molecule has 0 saturated carbocycles. The molecule has 1 N–H and O–H groups in total. The molecule has 1 amide bonds. The Hall–Kier alpha value is -2.18. The van der Waals surface area contributed by atoms with Crippen molar-refractivity contribution < 1.29 is 4.79 Å². The molecule has 0 atom stereocenters. The highest BCUT2D eigenvalue weighted by molar-refractivity contribution is 7.13. The first-order valence-electron chi connectivity index (χ1n) is 7.72. The lowest BCUT2D eigenvalue weighted by molar-refractivity contribution is 0.0659. The summed E-state index contributed by atoms with van der Waals surface area (Å²) in [6, 6.07) is 10.2. The third kappa shape index (κ3) is 2.75. The number of para-hydroxylation sites is 1. The summed E-state index contributed by atoms with van der Waals surface area (Å²) in [6.07, 6.45) is 0. The van der Waals surface area contributed by atoms with Crippen molar-refractivity contribution in [1.82, 2.24) is 19.8 Å². The molecule has 6 heteroatoms. The number of aromatic amines is 1. The van der Waals surface area contributed by atoms with Gasteiger partial charge in [0.1, 0.15) is 10.7 Å². The van der Waals surface area contributed by atoms with Crippen molar-refractivity contribution in [3.05, 3.63) is 41.4 Å². The molecule has 0 unspecified atom stereocenters. The van der Waals surface area contributed by atoms with Crippen LogP contribution in [0.5, 0.6) is 0 Å². The first-order valence-corrected chi connectivity index (χ1v) is 8.60. The number of amides is 1. The average molecular weight is 326 g/mol. The van der Waals surface area contributed by atoms with Crippen molar-refractivity contribution in [2.75, 3.05) is 33.2 Å². The van der Waals surface area contributed by atoms with Crippen LogP contribution in [0, 0.1) is 0 Å². The fourth-order valence-corrected chi connectivity index (χ4v) is 3.62. The summed E-state index contributed by atoms with van der Waals surface area (Å²) >= 11 is 1.51. The number of piperazine rings is 1. The number of hydrogen-bond donors (Lipinski definition) is 1. The summed E-state index contributed by atoms with van der Waals surface area (Å²) in [5.41, 5.74) is 2.60. The first-order chi connectivity index (χ1) is 11.2. The number of aromatic nitrogens is 2. The van der Waals surface area contributed by atoms with E-state index >= 15 is 0 Å². The van der Waals surface area contributed by atoms with Gasteiger partial charge in [0.25, 0.3) is 5.91 Å². The zero-order valence-electron chi connectivity index (χ0n) is 13.0. The zero-order chi connectivity index (χ0) is 15.8. The second kappa shape index (κ2) is 5.79. The maximum absolute atomic E-state index is 12.6. The number of likely N-dealkylation sites (N-methyl/N-ethyl adjacent to an activating group) is 1. The number of benzene rings is 1. The molecule has 3 heterocycles. The Kier molecular flexibility index (Phi) is 3.63. The summed E-state index contributed by atoms with van der Waals surface area (Å²) < 4.78 is 0. The fraction of sp³-hybridized carbons (Fsp3) is 0.294. The molecular weight excluding hydrogens is 308 g/mol. The summed E-state index contributed by atoms with van der Waals surface area (Å²) in [5, 5.41) is 3.88. The molecule has 1 aliphatic heterocycles. The largest absolute Gasteiger partial charge is 0.353 e. The standard InChI is InChI=1S/C17H18N4OS/c1-20-6-8-21(9-7-20)17(22)15-11-23-16(19-15)14-10-12-4-2-3-5-13(12)18-14/h2-5,10-11,18H,6-9H2,1H3. The summed E-state index contributed by atoms with van der Waals surface area (Å²) in [7, 11) is 2.08. The van der Waals surface area contributed by atoms with Crippen LogP contribution in [0.3, 0.4) is 0 Å². The molecule has 0 aliphatic carbocycles. The van der Waals surface area contributed by atoms with Crippen LogP contribution in [-0.4, -0.2) is 58.9 Å². The summed E-state index contributed by atoms with van der Waals surface area (Å²) in [4.78, 5) is 24.6. The van der Waals surface area contributed by atoms with Crippen LogP contribution in [0.4, 0.5) is 0 Å². The molecule has 1 aliphatic rings. The third-order valence-electron chi connectivity index (χ3n) is 4.27. The van der Waals surface area contributed by atoms with Crippen molar-refractivity contribution in [3.8, 4) is 10.7 Å². The molecule has 23 heavy (non-hydrogen) atoms. The van der Waals surface area contributed by atoms with E-state index < -0.39 is 0 Å². The van der Waals surface area contributed by atoms with Gasteiger partial charge in [-0.05, 0) is 19.2 Å². The lowest BCUT2D eigenvalue weighted by Gasteiger charge is -2.31. The van der Waals surface area contributed by atoms with E-state index in [0.717, 1.165) is 47.8 Å². The van der Waals surface area contributed by atoms with Gasteiger partial charge in [0, 0.05) is 42.5 Å². The van der Waals surface area contributed by atoms with Crippen molar-refractivity contribution >= 4 is 28.1 Å². The van der Waals surface area contributed by atoms with Gasteiger partial charge in [0.2, 0.25) is 0 Å². The number of rotatable bonds is 2. The van der Waals surface area contributed by atoms with Crippen LogP contribution in [0.2, 0.25) is 0 Å². The van der Waals surface area contributed by atoms with Crippen molar-refractivity contribution in [1.29, 1.82) is 0 Å². The Morgan fingerprint density at radius 1 is 1.22 bits per heavy atom. The molecule has 5 nitrogen and oxygen atoms in total. The van der Waals surface area contributed by atoms with Crippen molar-refractivity contribution in [3.63, 3.8) is 0 Å². The van der Waals surface area contributed by atoms with Crippen LogP contribution in [0.1, 0.15) is 10.5 Å². The average Bonchev–Trinajstić information content (AvgIpc) is 3.21. The number of carbonyl (C=O) groups excluding carboxylic acids is 1. The highest BCUT2D eigenvalue weighted by Crippen LogP contribution is 2.27. The SMILES string of the molecule is CN1CCN(C(=O)c2csc(-c3cc4ccccc4[nH]3)n2)CC1. The third-order valence-corrected chi connectivity index (χ3v) is 5.15. The quantitative estimate of drug-likeness (QED) is 0.788. The minimum atomic E-state index is 0.0386. The smallest absolute Gasteiger partial charge is 0.273 e. The molecule has 0 radical (unpaired) electrons. The Morgan fingerprint density at radius 3 is 2.78 bits per heavy atom. The molecule has 1 aromatic carbocycles. The molecule has 0 spiro atoms. The second-order valence-electron chi connectivity index (χ2n) is 5.90. The van der Waals surface area contributed by atoms with Gasteiger partial charge >= 0.3 is 0 Å². The molecule has 0 bridgehead atoms. The Bertz CT molecular complexity index is 812. The van der Waals surface area contributed by atoms with E-state index in [2.05, 4.69) is 34.0 Å². The Balaban J connectivity index is 1.57. The topological polar surface area (TPSA) is 52.2 Å². The number of nitrogens with zero attached hydrogens (tertiary/aromatic N) is 3. The van der Waals surface area contributed by atoms with Gasteiger partial charge in [-0.15, -0.1) is 11.3 Å². The van der Waals surface area contributed by atoms with E-state index in [-0.39, 0.29) is 5.91 Å². The van der Waals surface area contributed by atoms with Gasteiger partial charge in [-0.25, -0.2) is 4.98 Å². The second-order valence-corrected chi connectivity index (χ2v) is 6.76. The Morgan fingerprint density at radius 2 is 2.00 bits per heavy atom. The van der Waals surface area contributed by atoms with E-state index in [1.54, 1.807) is 0 Å². The van der Waals surface area contributed by atoms with E-state index in [1.165, 1.54) is 11.3 Å². The number of carbonyl (C=O) groups is 1. The summed E-state index contributed by atoms with van der Waals surface area (Å²) in [5.74, 6) is 0.0386. The fourth-order valence-electron chi connectivity index (χ4n) is 2.86. The predicted octanol–water partition coefficient (Wildman–Crippen LogP) is 2.68. The Labute approximate surface area is 138 Å². The normalized spacial score (nSPS) is 16.1. The molecule has 1 fully saturated rings. The van der Waals surface area contributed by atoms with Gasteiger partial charge in [0.05, 0.1) is 5.69 Å². The molecular formula is C17H18N4OS. The van der Waals surface area contributed by atoms with Crippen LogP contribution in [0.25, 0.3) is 21.6 Å². The minimum absolute atomic E-state index is 0.0386. The van der Waals surface area contributed by atoms with Crippen LogP contribution in [-0.2, 0) is 0 Å². The van der Waals surface area contributed by atoms with Gasteiger partial charge in [-0.1, -0.05) is 18.2 Å². The monoisotopic (exact) mass is 326 g/mol. The van der Waals surface area contributed by atoms with Crippen molar-refractivity contribution in [2.24, 2.45) is 0 Å². The van der Waals surface area contributed by atoms with E-state index in [9.17, 15) is 4.79 Å². The lowest BCUT2D eigenvalue weighted by Crippen LogP contribution is -2.47. The van der Waals surface area contributed by atoms with Gasteiger partial charge < -0.3 is 14.8 Å². The number of hydrogen-bond acceptors (Lipinski definition) is 4. The first kappa shape index (κ1) is 14.4. The maximum Gasteiger partial charge on any atom is 0.273 e. The maximum atomic E-state index is 12.6. The van der Waals surface area contributed by atoms with Crippen LogP contribution < -0.4 is 0 Å². The molecule has 2 aromatic heterocycles. The van der Waals surface area contributed by atoms with E-state index in [1.807, 2.05) is 28.5 Å². The minimum Gasteiger partial charge on any atom is -0.353 e.